The minimum Gasteiger partial charge on any atom is -0.343 e. The van der Waals surface area contributed by atoms with Gasteiger partial charge in [0.25, 0.3) is 0 Å². The molecule has 1 saturated carbocycles. The van der Waals surface area contributed by atoms with E-state index >= 15 is 14.4 Å². The number of amides is 12. The Morgan fingerprint density at radius 2 is 1.25 bits per heavy atom. The molecule has 97 heavy (non-hydrogen) atoms. The first-order chi connectivity index (χ1) is 45.4. The second kappa shape index (κ2) is 35.6. The topological polar surface area (TPSA) is 270 Å². The Labute approximate surface area is 576 Å². The van der Waals surface area contributed by atoms with Crippen LogP contribution in [-0.2, 0) is 70.1 Å². The Hall–Kier alpha value is -7.06. The van der Waals surface area contributed by atoms with Gasteiger partial charge in [0.2, 0.25) is 70.9 Å². The molecule has 4 fully saturated rings. The minimum absolute atomic E-state index is 0.0133. The Kier molecular flexibility index (Phi) is 29.6. The van der Waals surface area contributed by atoms with Crippen molar-refractivity contribution >= 4 is 82.5 Å². The number of alkyl halides is 3. The van der Waals surface area contributed by atoms with Crippen LogP contribution in [0.5, 0.6) is 0 Å². The third-order valence-electron chi connectivity index (χ3n) is 20.2. The average Bonchev–Trinajstić information content (AvgIpc) is 1.47. The van der Waals surface area contributed by atoms with Gasteiger partial charge in [-0.05, 0) is 112 Å². The lowest BCUT2D eigenvalue weighted by atomic mass is 9.84. The van der Waals surface area contributed by atoms with Gasteiger partial charge in [-0.3, -0.25) is 57.5 Å². The molecule has 1 aliphatic carbocycles. The predicted molar refractivity (Wildman–Crippen MR) is 359 cm³/mol. The number of aryl methyl sites for hydroxylation is 1. The second-order valence-electron chi connectivity index (χ2n) is 28.4. The van der Waals surface area contributed by atoms with E-state index in [1.807, 2.05) is 20.8 Å². The van der Waals surface area contributed by atoms with Crippen LogP contribution in [0.3, 0.4) is 0 Å². The van der Waals surface area contributed by atoms with Crippen molar-refractivity contribution in [2.24, 2.45) is 23.7 Å². The second-order valence-corrected chi connectivity index (χ2v) is 28.8. The molecule has 1 aromatic rings. The molecule has 1 aromatic carbocycles. The van der Waals surface area contributed by atoms with E-state index in [0.717, 1.165) is 70.3 Å². The van der Waals surface area contributed by atoms with Gasteiger partial charge in [-0.2, -0.15) is 13.2 Å². The molecule has 4 aliphatic rings. The molecule has 28 heteroatoms. The number of nitrogens with one attached hydrogen (secondary N) is 3. The standard InChI is InChI=1S/C69H108ClF3N12O12/c1-16-44(7)58-65(95)79(11)40-56(88)77(9)41-57(89)81(13)52(37-45-25-20-18-21-26-45)63(93)78(10)39-54(86)74-49(31-29-46-28-30-47(48(70)36-46)69(71,72)73)62(92)85-34-24-27-50(85)61(91)76-68(8,17-2)67(97)83(15)59(43(5)6)66(96)82(14)53(64(94)84-32-22-19-23-33-84)38-55(87)80(12)51(35-42(3)4)60(90)75-58/h28,30,36,42-45,49-53,58-59H,16-27,29,31-35,37-41H2,1-15H3,(H,74,86)(H,75,90)(H,76,91)/t44-,49-,50?,51-,52-,53-,58-,59-,68-/m0/s1. The van der Waals surface area contributed by atoms with Gasteiger partial charge in [0, 0.05) is 69.0 Å². The molecule has 3 saturated heterocycles. The number of rotatable bonds is 12. The summed E-state index contributed by atoms with van der Waals surface area (Å²) in [4.78, 5) is 188. The molecule has 3 aliphatic heterocycles. The first-order valence-electron chi connectivity index (χ1n) is 34.5. The third kappa shape index (κ3) is 21.0. The highest BCUT2D eigenvalue weighted by Gasteiger charge is 2.47. The molecule has 12 amide bonds. The summed E-state index contributed by atoms with van der Waals surface area (Å²) in [6.07, 6.45) is 2.00. The summed E-state index contributed by atoms with van der Waals surface area (Å²) >= 11 is 6.12. The number of piperidine rings is 1. The van der Waals surface area contributed by atoms with Crippen molar-refractivity contribution in [2.75, 3.05) is 88.6 Å². The van der Waals surface area contributed by atoms with Crippen molar-refractivity contribution < 1.29 is 70.7 Å². The lowest BCUT2D eigenvalue weighted by molar-refractivity contribution is -0.156. The van der Waals surface area contributed by atoms with E-state index in [1.54, 1.807) is 32.6 Å². The smallest absolute Gasteiger partial charge is 0.343 e. The van der Waals surface area contributed by atoms with Crippen LogP contribution in [0.1, 0.15) is 169 Å². The number of hydrogen-bond acceptors (Lipinski definition) is 12. The van der Waals surface area contributed by atoms with Crippen molar-refractivity contribution in [2.45, 2.75) is 219 Å². The zero-order valence-electron chi connectivity index (χ0n) is 59.8. The fourth-order valence-electron chi connectivity index (χ4n) is 13.6. The highest BCUT2D eigenvalue weighted by molar-refractivity contribution is 6.31. The van der Waals surface area contributed by atoms with E-state index in [-0.39, 0.29) is 62.5 Å². The number of benzene rings is 1. The fourth-order valence-corrected chi connectivity index (χ4v) is 13.9. The van der Waals surface area contributed by atoms with E-state index < -0.39 is 173 Å². The average molecular weight is 1390 g/mol. The Balaban J connectivity index is 1.61. The van der Waals surface area contributed by atoms with Gasteiger partial charge < -0.3 is 60.0 Å². The Morgan fingerprint density at radius 1 is 0.649 bits per heavy atom. The zero-order valence-corrected chi connectivity index (χ0v) is 60.5. The molecule has 3 heterocycles. The number of hydrogen-bond donors (Lipinski definition) is 3. The normalized spacial score (nSPS) is 26.6. The largest absolute Gasteiger partial charge is 0.417 e. The van der Waals surface area contributed by atoms with Crippen LogP contribution in [0.15, 0.2) is 18.2 Å². The zero-order chi connectivity index (χ0) is 72.7. The van der Waals surface area contributed by atoms with E-state index in [4.69, 9.17) is 11.6 Å². The quantitative estimate of drug-likeness (QED) is 0.239. The summed E-state index contributed by atoms with van der Waals surface area (Å²) in [5.74, 6) is -9.43. The molecular formula is C69H108ClF3N12O12. The van der Waals surface area contributed by atoms with Gasteiger partial charge in [-0.25, -0.2) is 0 Å². The van der Waals surface area contributed by atoms with Gasteiger partial charge in [0.1, 0.15) is 47.8 Å². The predicted octanol–water partition coefficient (Wildman–Crippen LogP) is 5.35. The molecule has 0 bridgehead atoms. The van der Waals surface area contributed by atoms with Crippen LogP contribution in [0.4, 0.5) is 13.2 Å². The summed E-state index contributed by atoms with van der Waals surface area (Å²) in [5, 5.41) is 7.90. The van der Waals surface area contributed by atoms with Crippen LogP contribution < -0.4 is 16.0 Å². The molecule has 0 spiro atoms. The summed E-state index contributed by atoms with van der Waals surface area (Å²) in [6.45, 7) is 12.9. The number of likely N-dealkylation sites (N-methyl/N-ethyl adjacent to an activating group) is 7. The van der Waals surface area contributed by atoms with Crippen LogP contribution >= 0.6 is 11.6 Å². The van der Waals surface area contributed by atoms with E-state index in [1.165, 1.54) is 81.9 Å². The van der Waals surface area contributed by atoms with Gasteiger partial charge >= 0.3 is 6.18 Å². The number of carbonyl (C=O) groups is 12. The molecule has 544 valence electrons. The van der Waals surface area contributed by atoms with Crippen LogP contribution in [0.2, 0.25) is 5.02 Å². The molecular weight excluding hydrogens is 1280 g/mol. The first kappa shape index (κ1) is 80.6. The van der Waals surface area contributed by atoms with Crippen LogP contribution in [0, 0.1) is 23.7 Å². The van der Waals surface area contributed by atoms with Crippen LogP contribution in [-0.4, -0.2) is 251 Å². The molecule has 9 atom stereocenters. The number of nitrogens with zero attached hydrogens (tertiary/aromatic N) is 9. The maximum Gasteiger partial charge on any atom is 0.417 e. The SMILES string of the molecule is CC[C@H](C)[C@@H]1NC(=O)[C@H](CC(C)C)N(C)C(=O)C[C@@H](C(=O)N2CCCCC2)N(C)C(=O)[C@H](C(C)C)N(C)C(=O)[C@](C)(CC)NC(=O)C2CCCN2C(=O)[C@H](CCc2ccc(C(F)(F)F)c(Cl)c2)NC(=O)CN(C)C(=O)[C@H](CC2CCCCC2)N(C)C(=O)CN(C)C(=O)CN(C)C1=O. The van der Waals surface area contributed by atoms with Gasteiger partial charge in [-0.15, -0.1) is 0 Å². The van der Waals surface area contributed by atoms with Crippen molar-refractivity contribution in [3.63, 3.8) is 0 Å². The Morgan fingerprint density at radius 3 is 1.82 bits per heavy atom. The van der Waals surface area contributed by atoms with Crippen molar-refractivity contribution in [3.8, 4) is 0 Å². The number of halogens is 4. The van der Waals surface area contributed by atoms with Crippen molar-refractivity contribution in [1.82, 2.24) is 60.0 Å². The molecule has 0 aromatic heterocycles. The van der Waals surface area contributed by atoms with E-state index in [9.17, 15) is 56.3 Å². The van der Waals surface area contributed by atoms with Gasteiger partial charge in [0.05, 0.1) is 36.6 Å². The summed E-state index contributed by atoms with van der Waals surface area (Å²) in [7, 11) is 9.75. The summed E-state index contributed by atoms with van der Waals surface area (Å²) in [6, 6.07) is -5.79. The van der Waals surface area contributed by atoms with E-state index in [0.29, 0.717) is 38.8 Å². The lowest BCUT2D eigenvalue weighted by Gasteiger charge is -2.41. The first-order valence-corrected chi connectivity index (χ1v) is 34.9. The summed E-state index contributed by atoms with van der Waals surface area (Å²) < 4.78 is 41.4. The highest BCUT2D eigenvalue weighted by atomic mass is 35.5. The number of likely N-dealkylation sites (tertiary alicyclic amines) is 1. The maximum atomic E-state index is 15.3. The van der Waals surface area contributed by atoms with Crippen LogP contribution in [0.25, 0.3) is 0 Å². The van der Waals surface area contributed by atoms with Gasteiger partial charge in [0.15, 0.2) is 0 Å². The monoisotopic (exact) mass is 1390 g/mol. The number of fused-ring (bicyclic) bond motifs is 1. The molecule has 1 unspecified atom stereocenters. The fraction of sp³-hybridized carbons (Fsp3) is 0.739. The molecule has 24 nitrogen and oxygen atoms in total. The van der Waals surface area contributed by atoms with E-state index in [2.05, 4.69) is 16.0 Å². The minimum atomic E-state index is -4.76. The highest BCUT2D eigenvalue weighted by Crippen LogP contribution is 2.36. The molecule has 0 radical (unpaired) electrons. The summed E-state index contributed by atoms with van der Waals surface area (Å²) in [5.41, 5.74) is -2.53. The van der Waals surface area contributed by atoms with Gasteiger partial charge in [-0.1, -0.05) is 105 Å². The lowest BCUT2D eigenvalue weighted by Crippen LogP contribution is -2.64. The maximum absolute atomic E-state index is 15.3. The Bertz CT molecular complexity index is 3000. The van der Waals surface area contributed by atoms with Crippen molar-refractivity contribution in [3.05, 3.63) is 34.3 Å². The molecule has 3 N–H and O–H groups in total. The van der Waals surface area contributed by atoms with Crippen molar-refractivity contribution in [1.29, 1.82) is 0 Å². The third-order valence-corrected chi connectivity index (χ3v) is 20.5. The number of carbonyl (C=O) groups excluding carboxylic acids is 12. The molecule has 5 rings (SSSR count).